The van der Waals surface area contributed by atoms with Crippen molar-refractivity contribution >= 4 is 58.2 Å². The van der Waals surface area contributed by atoms with Gasteiger partial charge in [-0.15, -0.1) is 0 Å². The molecule has 0 saturated carbocycles. The van der Waals surface area contributed by atoms with Crippen LogP contribution in [0.25, 0.3) is 22.1 Å². The number of benzene rings is 2. The maximum absolute atomic E-state index is 12.1. The monoisotopic (exact) mass is 885 g/mol. The number of aliphatic imine (C=N–C) groups is 1. The summed E-state index contributed by atoms with van der Waals surface area (Å²) in [5, 5.41) is 10.4. The molecule has 0 unspecified atom stereocenters. The van der Waals surface area contributed by atoms with Crippen molar-refractivity contribution in [3.63, 3.8) is 0 Å². The zero-order valence-corrected chi connectivity index (χ0v) is 38.0. The molecule has 0 aliphatic carbocycles. The van der Waals surface area contributed by atoms with Crippen molar-refractivity contribution in [2.45, 2.75) is 60.3 Å². The van der Waals surface area contributed by atoms with Gasteiger partial charge in [0.1, 0.15) is 28.2 Å². The lowest BCUT2D eigenvalue weighted by Crippen LogP contribution is -2.37. The quantitative estimate of drug-likeness (QED) is 0.0163. The van der Waals surface area contributed by atoms with Crippen LogP contribution in [0, 0.1) is 6.92 Å². The van der Waals surface area contributed by atoms with E-state index in [2.05, 4.69) is 47.8 Å². The minimum atomic E-state index is -0.528. The molecule has 2 aromatic carbocycles. The molecule has 0 radical (unpaired) electrons. The minimum absolute atomic E-state index is 0.356. The first-order chi connectivity index (χ1) is 30.9. The van der Waals surface area contributed by atoms with Gasteiger partial charge in [0.25, 0.3) is 0 Å². The Morgan fingerprint density at radius 3 is 2.09 bits per heavy atom. The number of aldehydes is 2. The summed E-state index contributed by atoms with van der Waals surface area (Å²) in [5.41, 5.74) is 20.7. The Morgan fingerprint density at radius 1 is 0.938 bits per heavy atom. The topological polar surface area (TPSA) is 262 Å². The Labute approximate surface area is 373 Å². The van der Waals surface area contributed by atoms with Gasteiger partial charge < -0.3 is 45.4 Å². The summed E-state index contributed by atoms with van der Waals surface area (Å²) in [5.74, 6) is 7.67. The molecule has 20 nitrogen and oxygen atoms in total. The number of hydrazine groups is 1. The van der Waals surface area contributed by atoms with E-state index < -0.39 is 5.91 Å². The first kappa shape index (κ1) is 50.0. The first-order valence-corrected chi connectivity index (χ1v) is 21.2. The highest BCUT2D eigenvalue weighted by Crippen LogP contribution is 2.32. The van der Waals surface area contributed by atoms with E-state index >= 15 is 0 Å². The van der Waals surface area contributed by atoms with Crippen LogP contribution >= 0.6 is 0 Å². The molecular weight excluding hydrogens is 821 g/mol. The van der Waals surface area contributed by atoms with Crippen molar-refractivity contribution in [1.29, 1.82) is 0 Å². The average molecular weight is 885 g/mol. The number of carbonyl (C=O) groups excluding carboxylic acids is 3. The lowest BCUT2D eigenvalue weighted by molar-refractivity contribution is -0.102. The summed E-state index contributed by atoms with van der Waals surface area (Å²) < 4.78 is 23.2. The Kier molecular flexibility index (Phi) is 19.9. The number of hydrogen-bond acceptors (Lipinski definition) is 16. The van der Waals surface area contributed by atoms with Gasteiger partial charge in [-0.25, -0.2) is 9.97 Å². The number of allylic oxidation sites excluding steroid dienone is 4. The van der Waals surface area contributed by atoms with Gasteiger partial charge in [-0.2, -0.15) is 5.10 Å². The second-order valence-corrected chi connectivity index (χ2v) is 14.5. The largest absolute Gasteiger partial charge is 0.494 e. The van der Waals surface area contributed by atoms with Crippen LogP contribution in [0.5, 0.6) is 11.5 Å². The number of nitrogens with two attached hydrogens (primary N) is 3. The third-order valence-electron chi connectivity index (χ3n) is 9.84. The molecule has 1 fully saturated rings. The highest BCUT2D eigenvalue weighted by Gasteiger charge is 2.19. The zero-order chi connectivity index (χ0) is 46.6. The highest BCUT2D eigenvalue weighted by molar-refractivity contribution is 6.33. The number of ether oxygens (including phenoxy) is 3. The van der Waals surface area contributed by atoms with Crippen molar-refractivity contribution in [2.75, 3.05) is 77.8 Å². The lowest BCUT2D eigenvalue weighted by atomic mass is 10.1. The van der Waals surface area contributed by atoms with E-state index in [1.54, 1.807) is 43.0 Å². The van der Waals surface area contributed by atoms with E-state index in [4.69, 9.17) is 41.5 Å². The van der Waals surface area contributed by atoms with Crippen molar-refractivity contribution < 1.29 is 28.6 Å². The second kappa shape index (κ2) is 25.5. The number of rotatable bonds is 20. The number of amides is 1. The van der Waals surface area contributed by atoms with E-state index in [-0.39, 0.29) is 0 Å². The number of methoxy groups -OCH3 is 1. The fourth-order valence-electron chi connectivity index (χ4n) is 6.98. The number of aromatic nitrogens is 6. The van der Waals surface area contributed by atoms with Gasteiger partial charge in [0.2, 0.25) is 17.8 Å². The van der Waals surface area contributed by atoms with Crippen LogP contribution in [0.4, 0.5) is 11.9 Å². The van der Waals surface area contributed by atoms with E-state index in [1.165, 1.54) is 0 Å². The Balaban J connectivity index is 0.000000369. The van der Waals surface area contributed by atoms with E-state index in [9.17, 15) is 14.4 Å². The number of anilines is 2. The van der Waals surface area contributed by atoms with Crippen LogP contribution in [-0.2, 0) is 35.7 Å². The molecule has 346 valence electrons. The summed E-state index contributed by atoms with van der Waals surface area (Å²) in [4.78, 5) is 48.4. The van der Waals surface area contributed by atoms with Crippen molar-refractivity contribution in [3.8, 4) is 11.5 Å². The molecule has 0 atom stereocenters. The molecule has 20 heteroatoms. The molecule has 3 aromatic heterocycles. The summed E-state index contributed by atoms with van der Waals surface area (Å²) in [7, 11) is 5.31. The summed E-state index contributed by atoms with van der Waals surface area (Å²) >= 11 is 0. The van der Waals surface area contributed by atoms with Gasteiger partial charge in [0, 0.05) is 77.7 Å². The fourth-order valence-corrected chi connectivity index (χ4v) is 6.98. The van der Waals surface area contributed by atoms with Crippen LogP contribution in [-0.4, -0.2) is 125 Å². The van der Waals surface area contributed by atoms with Crippen LogP contribution in [0.1, 0.15) is 59.3 Å². The predicted octanol–water partition coefficient (Wildman–Crippen LogP) is 3.43. The number of fused-ring (bicyclic) bond motifs is 2. The number of nitrogens with zero attached hydrogens (tertiary/aromatic N) is 8. The number of carbonyl (C=O) groups is 3. The van der Waals surface area contributed by atoms with E-state index in [0.29, 0.717) is 84.7 Å². The number of hydrogen-bond donors (Lipinski definition) is 6. The lowest BCUT2D eigenvalue weighted by Gasteiger charge is -2.26. The molecule has 6 rings (SSSR count). The molecule has 64 heavy (non-hydrogen) atoms. The SMILES string of the molecule is CCN=C(C=O)/C=C(/C)N.CCn1nc(C)cc1C=O.CNc1nc2cc(CNN)cc(OC)c2n1C/C=C/Cn1c(NC)nc2cc(C(N)=O)cc(OCCCN3CCOCC3)c21. The average Bonchev–Trinajstić information content (AvgIpc) is 3.98. The number of primary amides is 1. The molecule has 1 amide bonds. The second-order valence-electron chi connectivity index (χ2n) is 14.5. The Hall–Kier alpha value is -6.61. The van der Waals surface area contributed by atoms with E-state index in [0.717, 1.165) is 85.9 Å². The number of imidazole rings is 2. The predicted molar refractivity (Wildman–Crippen MR) is 251 cm³/mol. The molecule has 9 N–H and O–H groups in total. The first-order valence-electron chi connectivity index (χ1n) is 21.2. The van der Waals surface area contributed by atoms with Gasteiger partial charge in [0.05, 0.1) is 49.4 Å². The molecule has 1 aliphatic heterocycles. The zero-order valence-electron chi connectivity index (χ0n) is 38.0. The maximum atomic E-state index is 12.1. The summed E-state index contributed by atoms with van der Waals surface area (Å²) in [6.45, 7) is 15.1. The van der Waals surface area contributed by atoms with Crippen LogP contribution in [0.2, 0.25) is 0 Å². The van der Waals surface area contributed by atoms with Gasteiger partial charge in [-0.3, -0.25) is 40.2 Å². The van der Waals surface area contributed by atoms with Gasteiger partial charge in [0.15, 0.2) is 12.6 Å². The molecule has 1 aliphatic rings. The normalized spacial score (nSPS) is 13.3. The summed E-state index contributed by atoms with van der Waals surface area (Å²) in [6, 6.07) is 9.15. The number of morpholine rings is 1. The van der Waals surface area contributed by atoms with Gasteiger partial charge in [-0.1, -0.05) is 12.2 Å². The van der Waals surface area contributed by atoms with Crippen molar-refractivity contribution in [1.82, 2.24) is 39.2 Å². The molecule has 0 spiro atoms. The molecule has 0 bridgehead atoms. The molecule has 4 heterocycles. The summed E-state index contributed by atoms with van der Waals surface area (Å²) in [6.07, 6.45) is 8.05. The van der Waals surface area contributed by atoms with Crippen molar-refractivity contribution in [2.24, 2.45) is 22.3 Å². The third kappa shape index (κ3) is 13.7. The van der Waals surface area contributed by atoms with Crippen LogP contribution in [0.3, 0.4) is 0 Å². The smallest absolute Gasteiger partial charge is 0.248 e. The van der Waals surface area contributed by atoms with Crippen molar-refractivity contribution in [3.05, 3.63) is 76.8 Å². The standard InChI is InChI=1S/C30H42N10O4.C7H10N2O.C7H12N2O/c1-33-29-36-22-15-20(19-35-32)16-24(42-3)26(22)39(29)8-4-5-9-40-27-23(37-30(40)34-2)17-21(28(31)41)18-25(27)44-12-6-7-38-10-13-43-14-11-38;1-3-9-7(5-10)4-6(2)8-9;1-3-9-7(5-10)4-6(2)8/h4-5,15-18,35H,6-14,19,32H2,1-3H3,(H2,31,41)(H,33,36)(H,34,37);4-5H,3H2,1-2H3;4-5H,3,8H2,1-2H3/b5-4+;;6-4-,9-7?. The van der Waals surface area contributed by atoms with E-state index in [1.807, 2.05) is 51.6 Å². The number of nitrogens with one attached hydrogen (secondary N) is 3. The molecular formula is C44H64N14O6. The minimum Gasteiger partial charge on any atom is -0.494 e. The third-order valence-corrected chi connectivity index (χ3v) is 9.84. The maximum Gasteiger partial charge on any atom is 0.248 e. The van der Waals surface area contributed by atoms with Crippen LogP contribution < -0.4 is 42.8 Å². The van der Waals surface area contributed by atoms with Gasteiger partial charge in [-0.05, 0) is 76.1 Å². The van der Waals surface area contributed by atoms with Gasteiger partial charge >= 0.3 is 0 Å². The Morgan fingerprint density at radius 2 is 1.58 bits per heavy atom. The Bertz CT molecular complexity index is 2400. The number of aryl methyl sites for hydroxylation is 2. The highest BCUT2D eigenvalue weighted by atomic mass is 16.5. The molecule has 5 aromatic rings. The molecule has 1 saturated heterocycles. The van der Waals surface area contributed by atoms with Crippen LogP contribution in [0.15, 0.2) is 59.2 Å². The fraction of sp³-hybridized carbons (Fsp3) is 0.432.